The maximum Gasteiger partial charge on any atom is 0.325 e. The lowest BCUT2D eigenvalue weighted by atomic mass is 9.91. The van der Waals surface area contributed by atoms with Crippen LogP contribution in [0.3, 0.4) is 0 Å². The molecule has 0 aliphatic carbocycles. The molecule has 8 heteroatoms. The SMILES string of the molecule is CCN(C[C@H]1COc2ccccc2O1)C(=O)CN1C(=O)N[C@@](C)(c2ccc(C)cc2)C1=O. The van der Waals surface area contributed by atoms with Crippen LogP contribution in [0.5, 0.6) is 11.5 Å². The monoisotopic (exact) mass is 437 g/mol. The Bertz CT molecular complexity index is 1040. The average molecular weight is 437 g/mol. The highest BCUT2D eigenvalue weighted by molar-refractivity contribution is 6.09. The molecule has 0 saturated carbocycles. The minimum absolute atomic E-state index is 0.294. The van der Waals surface area contributed by atoms with Gasteiger partial charge in [0.05, 0.1) is 6.54 Å². The minimum Gasteiger partial charge on any atom is -0.486 e. The molecule has 1 fully saturated rings. The fraction of sp³-hybridized carbons (Fsp3) is 0.375. The molecule has 0 spiro atoms. The number of likely N-dealkylation sites (N-methyl/N-ethyl adjacent to an activating group) is 1. The van der Waals surface area contributed by atoms with Crippen LogP contribution in [0, 0.1) is 6.92 Å². The van der Waals surface area contributed by atoms with Gasteiger partial charge in [0.2, 0.25) is 5.91 Å². The van der Waals surface area contributed by atoms with Crippen LogP contribution in [-0.4, -0.2) is 60.0 Å². The highest BCUT2D eigenvalue weighted by Gasteiger charge is 2.49. The fourth-order valence-electron chi connectivity index (χ4n) is 3.96. The Hall–Kier alpha value is -3.55. The molecule has 4 rings (SSSR count). The molecule has 0 unspecified atom stereocenters. The van der Waals surface area contributed by atoms with E-state index in [0.29, 0.717) is 36.8 Å². The normalized spacial score (nSPS) is 22.0. The van der Waals surface area contributed by atoms with Crippen molar-refractivity contribution in [3.05, 3.63) is 59.7 Å². The Morgan fingerprint density at radius 3 is 2.53 bits per heavy atom. The van der Waals surface area contributed by atoms with Crippen LogP contribution in [0.4, 0.5) is 4.79 Å². The quantitative estimate of drug-likeness (QED) is 0.702. The molecular formula is C24H27N3O5. The Morgan fingerprint density at radius 2 is 1.84 bits per heavy atom. The van der Waals surface area contributed by atoms with Gasteiger partial charge >= 0.3 is 6.03 Å². The number of carbonyl (C=O) groups is 3. The van der Waals surface area contributed by atoms with Crippen LogP contribution in [0.15, 0.2) is 48.5 Å². The van der Waals surface area contributed by atoms with Gasteiger partial charge in [-0.2, -0.15) is 0 Å². The van der Waals surface area contributed by atoms with E-state index in [-0.39, 0.29) is 18.6 Å². The number of nitrogens with zero attached hydrogens (tertiary/aromatic N) is 2. The number of fused-ring (bicyclic) bond motifs is 1. The lowest BCUT2D eigenvalue weighted by Gasteiger charge is -2.31. The summed E-state index contributed by atoms with van der Waals surface area (Å²) in [6.45, 7) is 6.15. The minimum atomic E-state index is -1.20. The van der Waals surface area contributed by atoms with E-state index in [0.717, 1.165) is 10.5 Å². The van der Waals surface area contributed by atoms with Gasteiger partial charge in [0.1, 0.15) is 18.7 Å². The zero-order valence-electron chi connectivity index (χ0n) is 18.5. The number of benzene rings is 2. The van der Waals surface area contributed by atoms with E-state index in [4.69, 9.17) is 9.47 Å². The molecule has 2 aliphatic heterocycles. The van der Waals surface area contributed by atoms with Gasteiger partial charge in [0.25, 0.3) is 5.91 Å². The lowest BCUT2D eigenvalue weighted by molar-refractivity contribution is -0.139. The van der Waals surface area contributed by atoms with Crippen LogP contribution in [0.1, 0.15) is 25.0 Å². The van der Waals surface area contributed by atoms with Gasteiger partial charge in [0.15, 0.2) is 17.6 Å². The predicted octanol–water partition coefficient (Wildman–Crippen LogP) is 2.45. The summed E-state index contributed by atoms with van der Waals surface area (Å²) < 4.78 is 11.7. The molecule has 2 aromatic carbocycles. The Morgan fingerprint density at radius 1 is 1.16 bits per heavy atom. The number of rotatable bonds is 6. The van der Waals surface area contributed by atoms with E-state index < -0.39 is 17.5 Å². The van der Waals surface area contributed by atoms with Crippen molar-refractivity contribution in [2.45, 2.75) is 32.4 Å². The van der Waals surface area contributed by atoms with E-state index in [9.17, 15) is 14.4 Å². The van der Waals surface area contributed by atoms with E-state index >= 15 is 0 Å². The first-order chi connectivity index (χ1) is 15.3. The van der Waals surface area contributed by atoms with Crippen molar-refractivity contribution < 1.29 is 23.9 Å². The highest BCUT2D eigenvalue weighted by atomic mass is 16.6. The summed E-state index contributed by atoms with van der Waals surface area (Å²) in [5, 5.41) is 2.74. The molecule has 2 aromatic rings. The van der Waals surface area contributed by atoms with Gasteiger partial charge < -0.3 is 19.7 Å². The van der Waals surface area contributed by atoms with Crippen LogP contribution in [0.25, 0.3) is 0 Å². The van der Waals surface area contributed by atoms with Crippen molar-refractivity contribution in [1.29, 1.82) is 0 Å². The van der Waals surface area contributed by atoms with Crippen molar-refractivity contribution in [1.82, 2.24) is 15.1 Å². The van der Waals surface area contributed by atoms with Crippen molar-refractivity contribution in [3.63, 3.8) is 0 Å². The third kappa shape index (κ3) is 4.00. The van der Waals surface area contributed by atoms with Crippen LogP contribution < -0.4 is 14.8 Å². The first-order valence-electron chi connectivity index (χ1n) is 10.7. The van der Waals surface area contributed by atoms with Crippen LogP contribution in [-0.2, 0) is 15.1 Å². The summed E-state index contributed by atoms with van der Waals surface area (Å²) in [7, 11) is 0. The largest absolute Gasteiger partial charge is 0.486 e. The molecule has 4 amide bonds. The topological polar surface area (TPSA) is 88.2 Å². The molecule has 0 radical (unpaired) electrons. The van der Waals surface area contributed by atoms with Crippen molar-refractivity contribution in [2.75, 3.05) is 26.2 Å². The number of imide groups is 1. The number of nitrogens with one attached hydrogen (secondary N) is 1. The summed E-state index contributed by atoms with van der Waals surface area (Å²) in [6.07, 6.45) is -0.338. The fourth-order valence-corrected chi connectivity index (χ4v) is 3.96. The number of hydrogen-bond acceptors (Lipinski definition) is 5. The van der Waals surface area contributed by atoms with Gasteiger partial charge in [-0.15, -0.1) is 0 Å². The van der Waals surface area contributed by atoms with Gasteiger partial charge in [0, 0.05) is 6.54 Å². The second-order valence-corrected chi connectivity index (χ2v) is 8.24. The Balaban J connectivity index is 1.42. The number of para-hydroxylation sites is 2. The molecule has 8 nitrogen and oxygen atoms in total. The van der Waals surface area contributed by atoms with Gasteiger partial charge in [-0.3, -0.25) is 14.5 Å². The predicted molar refractivity (Wildman–Crippen MR) is 117 cm³/mol. The van der Waals surface area contributed by atoms with E-state index in [1.54, 1.807) is 11.8 Å². The lowest BCUT2D eigenvalue weighted by Crippen LogP contribution is -2.48. The van der Waals surface area contributed by atoms with Crippen molar-refractivity contribution in [3.8, 4) is 11.5 Å². The molecule has 1 saturated heterocycles. The number of amides is 4. The average Bonchev–Trinajstić information content (AvgIpc) is 3.01. The zero-order valence-corrected chi connectivity index (χ0v) is 18.5. The smallest absolute Gasteiger partial charge is 0.325 e. The molecule has 1 N–H and O–H groups in total. The number of urea groups is 1. The maximum absolute atomic E-state index is 13.1. The summed E-state index contributed by atoms with van der Waals surface area (Å²) >= 11 is 0. The molecule has 0 aromatic heterocycles. The van der Waals surface area contributed by atoms with Crippen LogP contribution >= 0.6 is 0 Å². The molecule has 0 bridgehead atoms. The third-order valence-corrected chi connectivity index (χ3v) is 5.92. The number of hydrogen-bond donors (Lipinski definition) is 1. The van der Waals surface area contributed by atoms with Gasteiger partial charge in [-0.05, 0) is 38.5 Å². The summed E-state index contributed by atoms with van der Waals surface area (Å²) in [5.74, 6) is 0.539. The van der Waals surface area contributed by atoms with Crippen molar-refractivity contribution in [2.24, 2.45) is 0 Å². The standard InChI is InChI=1S/C24H27N3O5/c1-4-26(13-18-15-31-19-7-5-6-8-20(19)32-18)21(28)14-27-22(29)24(3,25-23(27)30)17-11-9-16(2)10-12-17/h5-12,18H,4,13-15H2,1-3H3,(H,25,30)/t18-,24-/m0/s1. The number of carbonyl (C=O) groups excluding carboxylic acids is 3. The molecule has 2 heterocycles. The molecule has 2 aliphatic rings. The summed E-state index contributed by atoms with van der Waals surface area (Å²) in [5.41, 5.74) is 0.526. The number of aryl methyl sites for hydroxylation is 1. The van der Waals surface area contributed by atoms with E-state index in [1.807, 2.05) is 62.4 Å². The molecule has 168 valence electrons. The van der Waals surface area contributed by atoms with Crippen molar-refractivity contribution >= 4 is 17.8 Å². The van der Waals surface area contributed by atoms with Crippen LogP contribution in [0.2, 0.25) is 0 Å². The third-order valence-electron chi connectivity index (χ3n) is 5.92. The summed E-state index contributed by atoms with van der Waals surface area (Å²) in [4.78, 5) is 41.3. The molecule has 2 atom stereocenters. The van der Waals surface area contributed by atoms with Gasteiger partial charge in [-0.1, -0.05) is 42.0 Å². The maximum atomic E-state index is 13.1. The second kappa shape index (κ2) is 8.53. The summed E-state index contributed by atoms with van der Waals surface area (Å²) in [6, 6.07) is 14.2. The first-order valence-corrected chi connectivity index (χ1v) is 10.7. The van der Waals surface area contributed by atoms with Gasteiger partial charge in [-0.25, -0.2) is 4.79 Å². The second-order valence-electron chi connectivity index (χ2n) is 8.24. The highest BCUT2D eigenvalue weighted by Crippen LogP contribution is 2.31. The Labute approximate surface area is 187 Å². The molecule has 32 heavy (non-hydrogen) atoms. The molecular weight excluding hydrogens is 410 g/mol. The Kier molecular flexibility index (Phi) is 5.78. The first kappa shape index (κ1) is 21.7. The zero-order chi connectivity index (χ0) is 22.9. The van der Waals surface area contributed by atoms with E-state index in [2.05, 4.69) is 5.32 Å². The van der Waals surface area contributed by atoms with E-state index in [1.165, 1.54) is 0 Å². The number of ether oxygens (including phenoxy) is 2.